The van der Waals surface area contributed by atoms with Crippen LogP contribution in [0.2, 0.25) is 0 Å². The Kier molecular flexibility index (Phi) is 5.05. The Bertz CT molecular complexity index is 1110. The molecule has 0 radical (unpaired) electrons. The molecule has 1 N–H and O–H groups in total. The van der Waals surface area contributed by atoms with Gasteiger partial charge in [0.25, 0.3) is 11.8 Å². The number of carbonyl (C=O) groups is 2. The average Bonchev–Trinajstić information content (AvgIpc) is 3.52. The van der Waals surface area contributed by atoms with Crippen LogP contribution in [0.5, 0.6) is 0 Å². The summed E-state index contributed by atoms with van der Waals surface area (Å²) in [5.41, 5.74) is 2.56. The Balaban J connectivity index is 1.28. The monoisotopic (exact) mass is 422 g/mol. The Labute approximate surface area is 178 Å². The molecule has 1 saturated heterocycles. The van der Waals surface area contributed by atoms with Crippen molar-refractivity contribution >= 4 is 11.8 Å². The standard InChI is InChI=1S/C23H23FN4O3/c24-17-6-1-2-7-19(17)28-18-8-3-5-16(18)21(26-28)22(29)25-15-10-12-27(13-11-15)23(30)20-9-4-14-31-20/h1-2,4,6-7,9,14-15H,3,5,8,10-13H2,(H,25,29). The van der Waals surface area contributed by atoms with Crippen LogP contribution >= 0.6 is 0 Å². The Morgan fingerprint density at radius 1 is 1.10 bits per heavy atom. The largest absolute Gasteiger partial charge is 0.459 e. The molecule has 3 aromatic rings. The summed E-state index contributed by atoms with van der Waals surface area (Å²) in [5, 5.41) is 7.56. The Hall–Kier alpha value is -3.42. The maximum atomic E-state index is 14.3. The van der Waals surface area contributed by atoms with Gasteiger partial charge in [-0.05, 0) is 56.4 Å². The number of likely N-dealkylation sites (tertiary alicyclic amines) is 1. The van der Waals surface area contributed by atoms with Gasteiger partial charge in [0.05, 0.1) is 6.26 Å². The molecule has 2 amide bonds. The lowest BCUT2D eigenvalue weighted by molar-refractivity contribution is 0.0667. The molecular weight excluding hydrogens is 399 g/mol. The Morgan fingerprint density at radius 2 is 1.90 bits per heavy atom. The van der Waals surface area contributed by atoms with Gasteiger partial charge in [0.2, 0.25) is 0 Å². The summed E-state index contributed by atoms with van der Waals surface area (Å²) in [6.45, 7) is 1.10. The topological polar surface area (TPSA) is 80.4 Å². The van der Waals surface area contributed by atoms with Gasteiger partial charge in [-0.25, -0.2) is 9.07 Å². The first-order valence-corrected chi connectivity index (χ1v) is 10.6. The second kappa shape index (κ2) is 8.02. The van der Waals surface area contributed by atoms with Crippen molar-refractivity contribution in [2.75, 3.05) is 13.1 Å². The highest BCUT2D eigenvalue weighted by Crippen LogP contribution is 2.29. The average molecular weight is 422 g/mol. The van der Waals surface area contributed by atoms with Crippen LogP contribution in [0.3, 0.4) is 0 Å². The van der Waals surface area contributed by atoms with E-state index in [4.69, 9.17) is 4.42 Å². The van der Waals surface area contributed by atoms with Crippen molar-refractivity contribution in [1.29, 1.82) is 0 Å². The third kappa shape index (κ3) is 3.62. The molecule has 2 aliphatic rings. The van der Waals surface area contributed by atoms with Crippen LogP contribution in [-0.4, -0.2) is 45.6 Å². The van der Waals surface area contributed by atoms with E-state index in [1.54, 1.807) is 39.9 Å². The maximum absolute atomic E-state index is 14.3. The third-order valence-corrected chi connectivity index (χ3v) is 6.08. The fourth-order valence-electron chi connectivity index (χ4n) is 4.48. The molecule has 0 spiro atoms. The quantitative estimate of drug-likeness (QED) is 0.701. The number of piperidine rings is 1. The second-order valence-corrected chi connectivity index (χ2v) is 8.01. The molecule has 31 heavy (non-hydrogen) atoms. The van der Waals surface area contributed by atoms with E-state index in [0.717, 1.165) is 30.5 Å². The van der Waals surface area contributed by atoms with Crippen molar-refractivity contribution in [2.24, 2.45) is 0 Å². The summed E-state index contributed by atoms with van der Waals surface area (Å²) in [7, 11) is 0. The summed E-state index contributed by atoms with van der Waals surface area (Å²) < 4.78 is 21.1. The van der Waals surface area contributed by atoms with Crippen LogP contribution in [-0.2, 0) is 12.8 Å². The lowest BCUT2D eigenvalue weighted by Crippen LogP contribution is -2.46. The van der Waals surface area contributed by atoms with Crippen LogP contribution in [0.25, 0.3) is 5.69 Å². The van der Waals surface area contributed by atoms with Crippen LogP contribution in [0, 0.1) is 5.82 Å². The van der Waals surface area contributed by atoms with Gasteiger partial charge in [-0.1, -0.05) is 12.1 Å². The predicted molar refractivity (Wildman–Crippen MR) is 111 cm³/mol. The van der Waals surface area contributed by atoms with E-state index < -0.39 is 0 Å². The molecule has 2 aromatic heterocycles. The van der Waals surface area contributed by atoms with Gasteiger partial charge in [-0.2, -0.15) is 5.10 Å². The molecule has 1 aliphatic carbocycles. The van der Waals surface area contributed by atoms with Crippen LogP contribution < -0.4 is 5.32 Å². The molecule has 8 heteroatoms. The lowest BCUT2D eigenvalue weighted by atomic mass is 10.0. The molecule has 1 aliphatic heterocycles. The van der Waals surface area contributed by atoms with E-state index >= 15 is 0 Å². The van der Waals surface area contributed by atoms with E-state index in [1.165, 1.54) is 12.3 Å². The molecule has 0 bridgehead atoms. The van der Waals surface area contributed by atoms with Crippen LogP contribution in [0.1, 0.15) is 51.6 Å². The summed E-state index contributed by atoms with van der Waals surface area (Å²) >= 11 is 0. The van der Waals surface area contributed by atoms with Crippen molar-refractivity contribution in [3.8, 4) is 5.69 Å². The van der Waals surface area contributed by atoms with Crippen molar-refractivity contribution in [3.05, 3.63) is 71.2 Å². The number of aromatic nitrogens is 2. The van der Waals surface area contributed by atoms with Gasteiger partial charge in [0.1, 0.15) is 11.5 Å². The zero-order chi connectivity index (χ0) is 21.4. The molecule has 5 rings (SSSR count). The molecular formula is C23H23FN4O3. The predicted octanol–water partition coefficient (Wildman–Crippen LogP) is 3.13. The van der Waals surface area contributed by atoms with E-state index in [2.05, 4.69) is 10.4 Å². The van der Waals surface area contributed by atoms with Crippen LogP contribution in [0.15, 0.2) is 47.1 Å². The Morgan fingerprint density at radius 3 is 2.65 bits per heavy atom. The van der Waals surface area contributed by atoms with Crippen molar-refractivity contribution < 1.29 is 18.4 Å². The zero-order valence-corrected chi connectivity index (χ0v) is 17.0. The van der Waals surface area contributed by atoms with Gasteiger partial charge in [0, 0.05) is 30.4 Å². The number of furan rings is 1. The fraction of sp³-hybridized carbons (Fsp3) is 0.348. The van der Waals surface area contributed by atoms with Crippen molar-refractivity contribution in [3.63, 3.8) is 0 Å². The summed E-state index contributed by atoms with van der Waals surface area (Å²) in [6.07, 6.45) is 5.27. The van der Waals surface area contributed by atoms with Gasteiger partial charge >= 0.3 is 0 Å². The summed E-state index contributed by atoms with van der Waals surface area (Å²) in [4.78, 5) is 27.2. The molecule has 1 fully saturated rings. The van der Waals surface area contributed by atoms with Crippen LogP contribution in [0.4, 0.5) is 4.39 Å². The smallest absolute Gasteiger partial charge is 0.289 e. The minimum absolute atomic E-state index is 0.0381. The van der Waals surface area contributed by atoms with E-state index in [-0.39, 0.29) is 23.7 Å². The van der Waals surface area contributed by atoms with E-state index in [9.17, 15) is 14.0 Å². The number of fused-ring (bicyclic) bond motifs is 1. The van der Waals surface area contributed by atoms with Crippen molar-refractivity contribution in [2.45, 2.75) is 38.1 Å². The van der Waals surface area contributed by atoms with Gasteiger partial charge in [-0.3, -0.25) is 9.59 Å². The number of nitrogens with zero attached hydrogens (tertiary/aromatic N) is 3. The number of para-hydroxylation sites is 1. The highest BCUT2D eigenvalue weighted by atomic mass is 19.1. The van der Waals surface area contributed by atoms with Gasteiger partial charge in [0.15, 0.2) is 11.5 Å². The third-order valence-electron chi connectivity index (χ3n) is 6.08. The number of halogens is 1. The van der Waals surface area contributed by atoms with Crippen molar-refractivity contribution in [1.82, 2.24) is 20.0 Å². The minimum Gasteiger partial charge on any atom is -0.459 e. The van der Waals surface area contributed by atoms with E-state index in [0.29, 0.717) is 43.1 Å². The molecule has 0 unspecified atom stereocenters. The second-order valence-electron chi connectivity index (χ2n) is 8.01. The molecule has 160 valence electrons. The number of hydrogen-bond donors (Lipinski definition) is 1. The maximum Gasteiger partial charge on any atom is 0.289 e. The lowest BCUT2D eigenvalue weighted by Gasteiger charge is -2.31. The molecule has 7 nitrogen and oxygen atoms in total. The highest BCUT2D eigenvalue weighted by Gasteiger charge is 2.30. The number of amides is 2. The number of rotatable bonds is 4. The zero-order valence-electron chi connectivity index (χ0n) is 17.0. The molecule has 1 aromatic carbocycles. The molecule has 3 heterocycles. The molecule has 0 atom stereocenters. The van der Waals surface area contributed by atoms with Gasteiger partial charge in [-0.15, -0.1) is 0 Å². The normalized spacial score (nSPS) is 16.4. The first kappa shape index (κ1) is 19.5. The fourth-order valence-corrected chi connectivity index (χ4v) is 4.48. The number of carbonyl (C=O) groups excluding carboxylic acids is 2. The van der Waals surface area contributed by atoms with Gasteiger partial charge < -0.3 is 14.6 Å². The van der Waals surface area contributed by atoms with E-state index in [1.807, 2.05) is 0 Å². The number of benzene rings is 1. The number of nitrogens with one attached hydrogen (secondary N) is 1. The minimum atomic E-state index is -0.361. The highest BCUT2D eigenvalue weighted by molar-refractivity contribution is 5.94. The SMILES string of the molecule is O=C(NC1CCN(C(=O)c2ccco2)CC1)c1nn(-c2ccccc2F)c2c1CCC2. The molecule has 0 saturated carbocycles. The number of hydrogen-bond acceptors (Lipinski definition) is 4. The summed E-state index contributed by atoms with van der Waals surface area (Å²) in [6, 6.07) is 9.79. The first-order chi connectivity index (χ1) is 15.1. The summed E-state index contributed by atoms with van der Waals surface area (Å²) in [5.74, 6) is -0.391. The first-order valence-electron chi connectivity index (χ1n) is 10.6.